The average molecular weight is 882 g/mol. The molecule has 0 unspecified atom stereocenters. The molecule has 0 bridgehead atoms. The zero-order chi connectivity index (χ0) is 40.0. The molecule has 0 aliphatic carbocycles. The van der Waals surface area contributed by atoms with Gasteiger partial charge in [-0.1, -0.05) is 93.1 Å². The molecule has 0 saturated heterocycles. The molecule has 5 aromatic rings. The second-order valence-electron chi connectivity index (χ2n) is 11.3. The van der Waals surface area contributed by atoms with E-state index < -0.39 is 23.9 Å². The van der Waals surface area contributed by atoms with Crippen LogP contribution in [0.25, 0.3) is 11.3 Å². The van der Waals surface area contributed by atoms with Gasteiger partial charge in [0.1, 0.15) is 23.0 Å². The summed E-state index contributed by atoms with van der Waals surface area (Å²) in [4.78, 5) is 54.3. The Labute approximate surface area is 341 Å². The molecule has 0 atom stereocenters. The number of para-hydroxylation sites is 2. The Morgan fingerprint density at radius 2 is 1.12 bits per heavy atom. The number of carboxylic acid groups (broad SMARTS) is 1. The topological polar surface area (TPSA) is 161 Å². The Morgan fingerprint density at radius 1 is 0.625 bits per heavy atom. The number of ether oxygens (including phenoxy) is 5. The molecule has 56 heavy (non-hydrogen) atoms. The van der Waals surface area contributed by atoms with E-state index in [0.29, 0.717) is 35.2 Å². The lowest BCUT2D eigenvalue weighted by molar-refractivity contribution is 0.0485. The Kier molecular flexibility index (Phi) is 21.1. The number of nitrogens with zero attached hydrogens (tertiary/aromatic N) is 1. The highest BCUT2D eigenvalue weighted by Crippen LogP contribution is 2.33. The number of halogens is 1. The van der Waals surface area contributed by atoms with Gasteiger partial charge in [0.2, 0.25) is 0 Å². The molecule has 1 aromatic heterocycles. The fraction of sp³-hybridized carbons (Fsp3) is 0.279. The van der Waals surface area contributed by atoms with E-state index >= 15 is 0 Å². The lowest BCUT2D eigenvalue weighted by atomic mass is 10.0. The molecule has 4 aromatic carbocycles. The Bertz CT molecular complexity index is 1960. The molecule has 0 spiro atoms. The van der Waals surface area contributed by atoms with Crippen LogP contribution in [0.3, 0.4) is 0 Å². The lowest BCUT2D eigenvalue weighted by Gasteiger charge is -2.12. The number of hydrogen-bond acceptors (Lipinski definition) is 11. The first kappa shape index (κ1) is 46.5. The van der Waals surface area contributed by atoms with Crippen LogP contribution in [0.15, 0.2) is 108 Å². The summed E-state index contributed by atoms with van der Waals surface area (Å²) >= 11 is 2.15. The smallest absolute Gasteiger partial charge is 0.360 e. The molecule has 13 heteroatoms. The number of aromatic carboxylic acids is 1. The molecule has 12 nitrogen and oxygen atoms in total. The van der Waals surface area contributed by atoms with Gasteiger partial charge in [0.05, 0.1) is 36.5 Å². The third-order valence-electron chi connectivity index (χ3n) is 7.35. The summed E-state index contributed by atoms with van der Waals surface area (Å²) in [6, 6.07) is 27.4. The van der Waals surface area contributed by atoms with Crippen molar-refractivity contribution in [1.82, 2.24) is 4.98 Å². The molecule has 1 N–H and O–H groups in total. The van der Waals surface area contributed by atoms with Crippen LogP contribution in [0.4, 0.5) is 0 Å². The maximum absolute atomic E-state index is 12.8. The quantitative estimate of drug-likeness (QED) is 0.0329. The van der Waals surface area contributed by atoms with Gasteiger partial charge in [0, 0.05) is 5.56 Å². The summed E-state index contributed by atoms with van der Waals surface area (Å²) in [7, 11) is 0. The molecule has 0 fully saturated rings. The van der Waals surface area contributed by atoms with E-state index in [9.17, 15) is 24.3 Å². The summed E-state index contributed by atoms with van der Waals surface area (Å²) < 4.78 is 32.4. The number of carbonyl (C=O) groups excluding carboxylic acids is 3. The normalized spacial score (nSPS) is 9.88. The van der Waals surface area contributed by atoms with Crippen molar-refractivity contribution in [2.24, 2.45) is 0 Å². The second-order valence-corrected chi connectivity index (χ2v) is 11.3. The van der Waals surface area contributed by atoms with E-state index in [1.807, 2.05) is 67.3 Å². The van der Waals surface area contributed by atoms with Crippen LogP contribution in [0, 0.1) is 0 Å². The Balaban J connectivity index is 0.000000376. The van der Waals surface area contributed by atoms with Gasteiger partial charge >= 0.3 is 23.9 Å². The predicted molar refractivity (Wildman–Crippen MR) is 221 cm³/mol. The fourth-order valence-corrected chi connectivity index (χ4v) is 4.70. The Hall–Kier alpha value is -5.70. The fourth-order valence-electron chi connectivity index (χ4n) is 4.70. The highest BCUT2D eigenvalue weighted by atomic mass is 127. The number of carboxylic acids is 1. The van der Waals surface area contributed by atoms with Crippen molar-refractivity contribution >= 4 is 46.5 Å². The highest BCUT2D eigenvalue weighted by Gasteiger charge is 2.25. The number of alkyl halides is 1. The van der Waals surface area contributed by atoms with Crippen molar-refractivity contribution in [3.8, 4) is 34.3 Å². The van der Waals surface area contributed by atoms with E-state index in [1.165, 1.54) is 18.2 Å². The van der Waals surface area contributed by atoms with Crippen molar-refractivity contribution in [2.75, 3.05) is 24.8 Å². The minimum absolute atomic E-state index is 0. The van der Waals surface area contributed by atoms with Crippen molar-refractivity contribution in [1.29, 1.82) is 0 Å². The van der Waals surface area contributed by atoms with Crippen LogP contribution < -0.4 is 9.47 Å². The lowest BCUT2D eigenvalue weighted by Crippen LogP contribution is -2.12. The number of aromatic nitrogens is 1. The Morgan fingerprint density at radius 3 is 1.62 bits per heavy atom. The molecule has 298 valence electrons. The summed E-state index contributed by atoms with van der Waals surface area (Å²) in [5.74, 6) is -0.814. The SMILES string of the molecule is C.CCCCOC(=O)c1cc(Oc2ccccc2)ccc1-c1ocnc1C(=O)OCC.CCCCOC(=O)c1cc(Oc2ccccc2)ccc1C(=O)O.CI. The molecular formula is C43H48INO11. The number of hydrogen-bond donors (Lipinski definition) is 1. The van der Waals surface area contributed by atoms with E-state index in [0.717, 1.165) is 32.1 Å². The number of rotatable bonds is 16. The van der Waals surface area contributed by atoms with Crippen molar-refractivity contribution in [3.05, 3.63) is 126 Å². The molecule has 5 rings (SSSR count). The number of oxazole rings is 1. The van der Waals surface area contributed by atoms with Gasteiger partial charge in [-0.2, -0.15) is 0 Å². The van der Waals surface area contributed by atoms with Crippen LogP contribution in [-0.2, 0) is 14.2 Å². The van der Waals surface area contributed by atoms with Crippen LogP contribution in [-0.4, -0.2) is 58.7 Å². The summed E-state index contributed by atoms with van der Waals surface area (Å²) in [5.41, 5.74) is 0.462. The third kappa shape index (κ3) is 14.2. The van der Waals surface area contributed by atoms with Crippen molar-refractivity contribution in [3.63, 3.8) is 0 Å². The minimum atomic E-state index is -1.18. The van der Waals surface area contributed by atoms with Crippen LogP contribution >= 0.6 is 22.6 Å². The first-order valence-electron chi connectivity index (χ1n) is 17.6. The van der Waals surface area contributed by atoms with Gasteiger partial charge in [-0.25, -0.2) is 24.2 Å². The van der Waals surface area contributed by atoms with E-state index in [1.54, 1.807) is 37.3 Å². The van der Waals surface area contributed by atoms with Crippen molar-refractivity contribution < 1.29 is 52.4 Å². The molecule has 0 radical (unpaired) electrons. The van der Waals surface area contributed by atoms with E-state index in [4.69, 9.17) is 28.1 Å². The van der Waals surface area contributed by atoms with Crippen LogP contribution in [0.1, 0.15) is 95.4 Å². The number of esters is 3. The zero-order valence-electron chi connectivity index (χ0n) is 31.1. The molecular weight excluding hydrogens is 833 g/mol. The van der Waals surface area contributed by atoms with Gasteiger partial charge in [0.25, 0.3) is 0 Å². The molecule has 0 saturated carbocycles. The molecule has 1 heterocycles. The van der Waals surface area contributed by atoms with Crippen molar-refractivity contribution in [2.45, 2.75) is 53.9 Å². The second kappa shape index (κ2) is 25.4. The maximum atomic E-state index is 12.8. The first-order valence-corrected chi connectivity index (χ1v) is 19.7. The van der Waals surface area contributed by atoms with Gasteiger partial charge in [0.15, 0.2) is 17.8 Å². The van der Waals surface area contributed by atoms with Crippen LogP contribution in [0.5, 0.6) is 23.0 Å². The van der Waals surface area contributed by atoms with Gasteiger partial charge in [-0.15, -0.1) is 0 Å². The van der Waals surface area contributed by atoms with Gasteiger partial charge in [-0.3, -0.25) is 0 Å². The molecule has 0 aliphatic heterocycles. The predicted octanol–water partition coefficient (Wildman–Crippen LogP) is 11.1. The standard InChI is InChI=1S/C23H23NO6.C18H18O5.CH3I.CH4/c1-3-5-13-28-22(25)19-14-17(30-16-9-7-6-8-10-16)11-12-18(19)21-20(24-15-29-21)23(26)27-4-2;1-2-3-11-22-18(21)16-12-14(9-10-15(16)17(19)20)23-13-7-5-4-6-8-13;1-2;/h6-12,14-15H,3-5,13H2,1-2H3;4-10,12H,2-3,11H2,1H3,(H,19,20);1H3;1H4. The maximum Gasteiger partial charge on any atom is 0.360 e. The highest BCUT2D eigenvalue weighted by molar-refractivity contribution is 14.1. The average Bonchev–Trinajstić information content (AvgIpc) is 3.70. The number of unbranched alkanes of at least 4 members (excludes halogenated alkanes) is 2. The number of carbonyl (C=O) groups is 4. The molecule has 0 aliphatic rings. The largest absolute Gasteiger partial charge is 0.478 e. The van der Waals surface area contributed by atoms with E-state index in [-0.39, 0.29) is 48.8 Å². The van der Waals surface area contributed by atoms with Crippen LogP contribution in [0.2, 0.25) is 0 Å². The summed E-state index contributed by atoms with van der Waals surface area (Å²) in [5, 5.41) is 9.22. The van der Waals surface area contributed by atoms with Gasteiger partial charge in [-0.05, 0) is 85.4 Å². The number of benzene rings is 4. The third-order valence-corrected chi connectivity index (χ3v) is 7.35. The first-order chi connectivity index (χ1) is 26.7. The minimum Gasteiger partial charge on any atom is -0.478 e. The summed E-state index contributed by atoms with van der Waals surface area (Å²) in [6.07, 6.45) is 4.40. The van der Waals surface area contributed by atoms with E-state index in [2.05, 4.69) is 27.6 Å². The molecule has 0 amide bonds. The monoisotopic (exact) mass is 881 g/mol. The summed E-state index contributed by atoms with van der Waals surface area (Å²) in [6.45, 7) is 6.43. The van der Waals surface area contributed by atoms with Gasteiger partial charge < -0.3 is 33.2 Å². The zero-order valence-corrected chi connectivity index (χ0v) is 33.3.